The third-order valence-corrected chi connectivity index (χ3v) is 3.83. The smallest absolute Gasteiger partial charge is 0.243 e. The molecule has 0 aliphatic rings. The fourth-order valence-corrected chi connectivity index (χ4v) is 2.44. The summed E-state index contributed by atoms with van der Waals surface area (Å²) >= 11 is 0. The number of hydrogen-bond donors (Lipinski definition) is 3. The second kappa shape index (κ2) is 8.29. The summed E-state index contributed by atoms with van der Waals surface area (Å²) < 4.78 is 5.85. The van der Waals surface area contributed by atoms with Crippen LogP contribution in [0, 0.1) is 0 Å². The molecule has 0 bridgehead atoms. The molecule has 0 saturated heterocycles. The number of hydrogen-bond acceptors (Lipinski definition) is 4. The second-order valence-electron chi connectivity index (χ2n) is 5.80. The highest BCUT2D eigenvalue weighted by Gasteiger charge is 2.12. The van der Waals surface area contributed by atoms with Crippen LogP contribution in [-0.2, 0) is 4.79 Å². The van der Waals surface area contributed by atoms with Gasteiger partial charge in [0.2, 0.25) is 5.91 Å². The number of aliphatic hydroxyl groups is 1. The minimum absolute atomic E-state index is 0.407. The fraction of sp³-hybridized carbons (Fsp3) is 0.0952. The van der Waals surface area contributed by atoms with Gasteiger partial charge < -0.3 is 20.9 Å². The Morgan fingerprint density at radius 1 is 0.923 bits per heavy atom. The van der Waals surface area contributed by atoms with Crippen molar-refractivity contribution in [2.45, 2.75) is 6.04 Å². The molecule has 0 saturated carbocycles. The maximum atomic E-state index is 11.7. The zero-order valence-corrected chi connectivity index (χ0v) is 14.1. The lowest BCUT2D eigenvalue weighted by atomic mass is 10.1. The SMILES string of the molecule is N[C@H](CO)C(=O)Nc1cccc(Oc2ccc(-c3ccccc3)cc2)c1. The maximum Gasteiger partial charge on any atom is 0.243 e. The van der Waals surface area contributed by atoms with Gasteiger partial charge in [0.25, 0.3) is 0 Å². The van der Waals surface area contributed by atoms with Crippen LogP contribution in [0.4, 0.5) is 5.69 Å². The number of ether oxygens (including phenoxy) is 1. The first-order valence-electron chi connectivity index (χ1n) is 8.26. The number of carbonyl (C=O) groups excluding carboxylic acids is 1. The zero-order chi connectivity index (χ0) is 18.4. The molecule has 4 N–H and O–H groups in total. The van der Waals surface area contributed by atoms with E-state index in [-0.39, 0.29) is 0 Å². The minimum atomic E-state index is -0.954. The summed E-state index contributed by atoms with van der Waals surface area (Å²) in [5.74, 6) is 0.838. The van der Waals surface area contributed by atoms with Crippen LogP contribution >= 0.6 is 0 Å². The lowest BCUT2D eigenvalue weighted by Gasteiger charge is -2.11. The number of nitrogens with two attached hydrogens (primary N) is 1. The van der Waals surface area contributed by atoms with Crippen LogP contribution in [0.25, 0.3) is 11.1 Å². The van der Waals surface area contributed by atoms with Crippen molar-refractivity contribution in [2.75, 3.05) is 11.9 Å². The predicted molar refractivity (Wildman–Crippen MR) is 102 cm³/mol. The summed E-state index contributed by atoms with van der Waals surface area (Å²) in [6.45, 7) is -0.407. The van der Waals surface area contributed by atoms with Crippen molar-refractivity contribution >= 4 is 11.6 Å². The van der Waals surface area contributed by atoms with E-state index in [1.54, 1.807) is 24.3 Å². The van der Waals surface area contributed by atoms with E-state index in [1.165, 1.54) is 0 Å². The standard InChI is InChI=1S/C21H20N2O3/c22-20(14-24)21(25)23-17-7-4-8-19(13-17)26-18-11-9-16(10-12-18)15-5-2-1-3-6-15/h1-13,20,24H,14,22H2,(H,23,25)/t20-/m1/s1. The monoisotopic (exact) mass is 348 g/mol. The molecule has 0 spiro atoms. The van der Waals surface area contributed by atoms with E-state index in [0.717, 1.165) is 11.1 Å². The van der Waals surface area contributed by atoms with Crippen molar-refractivity contribution in [3.63, 3.8) is 0 Å². The Hall–Kier alpha value is -3.15. The quantitative estimate of drug-likeness (QED) is 0.637. The molecule has 0 unspecified atom stereocenters. The van der Waals surface area contributed by atoms with E-state index in [9.17, 15) is 4.79 Å². The Balaban J connectivity index is 1.69. The van der Waals surface area contributed by atoms with E-state index in [2.05, 4.69) is 17.4 Å². The fourth-order valence-electron chi connectivity index (χ4n) is 2.44. The number of benzene rings is 3. The lowest BCUT2D eigenvalue weighted by molar-refractivity contribution is -0.118. The van der Waals surface area contributed by atoms with E-state index >= 15 is 0 Å². The number of anilines is 1. The van der Waals surface area contributed by atoms with Gasteiger partial charge in [-0.1, -0.05) is 48.5 Å². The van der Waals surface area contributed by atoms with Crippen molar-refractivity contribution in [2.24, 2.45) is 5.73 Å². The lowest BCUT2D eigenvalue weighted by Crippen LogP contribution is -2.38. The van der Waals surface area contributed by atoms with Gasteiger partial charge in [-0.3, -0.25) is 4.79 Å². The van der Waals surface area contributed by atoms with Gasteiger partial charge >= 0.3 is 0 Å². The van der Waals surface area contributed by atoms with E-state index in [1.807, 2.05) is 42.5 Å². The Morgan fingerprint density at radius 3 is 2.31 bits per heavy atom. The number of amides is 1. The van der Waals surface area contributed by atoms with Crippen LogP contribution in [-0.4, -0.2) is 23.7 Å². The van der Waals surface area contributed by atoms with Crippen molar-refractivity contribution in [1.82, 2.24) is 0 Å². The van der Waals surface area contributed by atoms with E-state index in [0.29, 0.717) is 17.2 Å². The highest BCUT2D eigenvalue weighted by atomic mass is 16.5. The van der Waals surface area contributed by atoms with Crippen LogP contribution in [0.3, 0.4) is 0 Å². The molecular formula is C21H20N2O3. The molecule has 5 nitrogen and oxygen atoms in total. The molecule has 132 valence electrons. The molecule has 5 heteroatoms. The average molecular weight is 348 g/mol. The average Bonchev–Trinajstić information content (AvgIpc) is 2.69. The van der Waals surface area contributed by atoms with Crippen molar-refractivity contribution in [3.8, 4) is 22.6 Å². The summed E-state index contributed by atoms with van der Waals surface area (Å²) in [5, 5.41) is 11.6. The van der Waals surface area contributed by atoms with Crippen LogP contribution in [0.5, 0.6) is 11.5 Å². The number of nitrogens with one attached hydrogen (secondary N) is 1. The summed E-state index contributed by atoms with van der Waals surface area (Å²) in [4.78, 5) is 11.7. The summed E-state index contributed by atoms with van der Waals surface area (Å²) in [5.41, 5.74) is 8.30. The molecular weight excluding hydrogens is 328 g/mol. The number of carbonyl (C=O) groups is 1. The van der Waals surface area contributed by atoms with E-state index < -0.39 is 18.6 Å². The summed E-state index contributed by atoms with van der Waals surface area (Å²) in [6, 6.07) is 23.9. The largest absolute Gasteiger partial charge is 0.457 e. The zero-order valence-electron chi connectivity index (χ0n) is 14.1. The second-order valence-corrected chi connectivity index (χ2v) is 5.80. The molecule has 3 rings (SSSR count). The van der Waals surface area contributed by atoms with E-state index in [4.69, 9.17) is 15.6 Å². The third kappa shape index (κ3) is 4.47. The molecule has 0 aliphatic heterocycles. The van der Waals surface area contributed by atoms with Gasteiger partial charge in [0.1, 0.15) is 17.5 Å². The van der Waals surface area contributed by atoms with Gasteiger partial charge in [-0.05, 0) is 35.4 Å². The van der Waals surface area contributed by atoms with Crippen LogP contribution in [0.2, 0.25) is 0 Å². The third-order valence-electron chi connectivity index (χ3n) is 3.83. The van der Waals surface area contributed by atoms with Crippen molar-refractivity contribution in [3.05, 3.63) is 78.9 Å². The molecule has 0 aliphatic carbocycles. The van der Waals surface area contributed by atoms with Crippen LogP contribution < -0.4 is 15.8 Å². The van der Waals surface area contributed by atoms with Crippen molar-refractivity contribution in [1.29, 1.82) is 0 Å². The topological polar surface area (TPSA) is 84.6 Å². The van der Waals surface area contributed by atoms with Gasteiger partial charge in [0.15, 0.2) is 0 Å². The summed E-state index contributed by atoms with van der Waals surface area (Å²) in [6.07, 6.45) is 0. The molecule has 3 aromatic rings. The van der Waals surface area contributed by atoms with Gasteiger partial charge in [-0.2, -0.15) is 0 Å². The van der Waals surface area contributed by atoms with Gasteiger partial charge in [0.05, 0.1) is 6.61 Å². The van der Waals surface area contributed by atoms with Crippen LogP contribution in [0.15, 0.2) is 78.9 Å². The van der Waals surface area contributed by atoms with Crippen molar-refractivity contribution < 1.29 is 14.6 Å². The number of aliphatic hydroxyl groups excluding tert-OH is 1. The molecule has 3 aromatic carbocycles. The van der Waals surface area contributed by atoms with Crippen LogP contribution in [0.1, 0.15) is 0 Å². The first-order valence-corrected chi connectivity index (χ1v) is 8.26. The van der Waals surface area contributed by atoms with Gasteiger partial charge in [-0.25, -0.2) is 0 Å². The highest BCUT2D eigenvalue weighted by molar-refractivity contribution is 5.94. The maximum absolute atomic E-state index is 11.7. The molecule has 1 atom stereocenters. The Kier molecular flexibility index (Phi) is 5.63. The number of rotatable bonds is 6. The highest BCUT2D eigenvalue weighted by Crippen LogP contribution is 2.27. The Morgan fingerprint density at radius 2 is 1.62 bits per heavy atom. The molecule has 0 radical (unpaired) electrons. The van der Waals surface area contributed by atoms with Gasteiger partial charge in [-0.15, -0.1) is 0 Å². The molecule has 0 heterocycles. The van der Waals surface area contributed by atoms with Gasteiger partial charge in [0, 0.05) is 11.8 Å². The first-order chi connectivity index (χ1) is 12.7. The molecule has 1 amide bonds. The normalized spacial score (nSPS) is 11.6. The minimum Gasteiger partial charge on any atom is -0.457 e. The summed E-state index contributed by atoms with van der Waals surface area (Å²) in [7, 11) is 0. The first kappa shape index (κ1) is 17.7. The Bertz CT molecular complexity index is 864. The molecule has 26 heavy (non-hydrogen) atoms. The predicted octanol–water partition coefficient (Wildman–Crippen LogP) is 3.40. The molecule has 0 aromatic heterocycles. The Labute approximate surface area is 152 Å². The molecule has 0 fully saturated rings.